The zero-order chi connectivity index (χ0) is 17.3. The summed E-state index contributed by atoms with van der Waals surface area (Å²) in [4.78, 5) is 11.9. The Bertz CT molecular complexity index is 487. The second-order valence-electron chi connectivity index (χ2n) is 5.50. The third-order valence-electron chi connectivity index (χ3n) is 3.72. The van der Waals surface area contributed by atoms with Crippen molar-refractivity contribution in [2.24, 2.45) is 5.92 Å². The maximum atomic E-state index is 12.0. The SMILES string of the molecule is CCC(CC)CSc1cccc(CCCNC(=O)C(F)(F)F)c1. The van der Waals surface area contributed by atoms with Gasteiger partial charge in [-0.1, -0.05) is 38.8 Å². The summed E-state index contributed by atoms with van der Waals surface area (Å²) in [7, 11) is 0. The van der Waals surface area contributed by atoms with Gasteiger partial charge in [0.1, 0.15) is 0 Å². The first-order valence-electron chi connectivity index (χ1n) is 7.93. The Balaban J connectivity index is 2.38. The lowest BCUT2D eigenvalue weighted by Crippen LogP contribution is -2.37. The van der Waals surface area contributed by atoms with E-state index < -0.39 is 12.1 Å². The van der Waals surface area contributed by atoms with Gasteiger partial charge in [0.25, 0.3) is 0 Å². The highest BCUT2D eigenvalue weighted by atomic mass is 32.2. The lowest BCUT2D eigenvalue weighted by molar-refractivity contribution is -0.173. The second kappa shape index (κ2) is 9.85. The topological polar surface area (TPSA) is 29.1 Å². The van der Waals surface area contributed by atoms with Crippen LogP contribution in [-0.4, -0.2) is 24.4 Å². The predicted molar refractivity (Wildman–Crippen MR) is 88.6 cm³/mol. The van der Waals surface area contributed by atoms with E-state index in [2.05, 4.69) is 26.0 Å². The third kappa shape index (κ3) is 7.77. The Hall–Kier alpha value is -1.17. The number of aryl methyl sites for hydroxylation is 1. The molecule has 0 radical (unpaired) electrons. The van der Waals surface area contributed by atoms with Crippen molar-refractivity contribution in [1.82, 2.24) is 5.32 Å². The van der Waals surface area contributed by atoms with Crippen molar-refractivity contribution in [3.8, 4) is 0 Å². The maximum absolute atomic E-state index is 12.0. The summed E-state index contributed by atoms with van der Waals surface area (Å²) >= 11 is 1.82. The number of carbonyl (C=O) groups excluding carboxylic acids is 1. The Labute approximate surface area is 140 Å². The van der Waals surface area contributed by atoms with Crippen molar-refractivity contribution < 1.29 is 18.0 Å². The monoisotopic (exact) mass is 347 g/mol. The van der Waals surface area contributed by atoms with Crippen LogP contribution in [0.15, 0.2) is 29.2 Å². The number of carbonyl (C=O) groups is 1. The molecule has 0 saturated carbocycles. The highest BCUT2D eigenvalue weighted by Gasteiger charge is 2.38. The lowest BCUT2D eigenvalue weighted by Gasteiger charge is -2.12. The molecule has 0 aliphatic rings. The molecule has 0 saturated heterocycles. The highest BCUT2D eigenvalue weighted by molar-refractivity contribution is 7.99. The predicted octanol–water partition coefficient (Wildman–Crippen LogP) is 4.83. The van der Waals surface area contributed by atoms with E-state index in [0.29, 0.717) is 18.8 Å². The van der Waals surface area contributed by atoms with E-state index in [0.717, 1.165) is 11.3 Å². The average Bonchev–Trinajstić information content (AvgIpc) is 2.52. The normalized spacial score (nSPS) is 11.7. The van der Waals surface area contributed by atoms with Gasteiger partial charge in [-0.3, -0.25) is 4.79 Å². The third-order valence-corrected chi connectivity index (χ3v) is 4.95. The van der Waals surface area contributed by atoms with Gasteiger partial charge in [-0.05, 0) is 36.5 Å². The molecule has 1 rings (SSSR count). The molecule has 0 atom stereocenters. The van der Waals surface area contributed by atoms with Gasteiger partial charge >= 0.3 is 12.1 Å². The minimum absolute atomic E-state index is 0.0312. The molecule has 1 N–H and O–H groups in total. The minimum Gasteiger partial charge on any atom is -0.348 e. The van der Waals surface area contributed by atoms with Crippen molar-refractivity contribution in [3.63, 3.8) is 0 Å². The summed E-state index contributed by atoms with van der Waals surface area (Å²) in [5.74, 6) is -0.0776. The van der Waals surface area contributed by atoms with Crippen LogP contribution in [0.3, 0.4) is 0 Å². The van der Waals surface area contributed by atoms with Gasteiger partial charge in [-0.2, -0.15) is 13.2 Å². The zero-order valence-corrected chi connectivity index (χ0v) is 14.4. The molecule has 0 aliphatic heterocycles. The Kier molecular flexibility index (Phi) is 8.52. The molecule has 1 amide bonds. The molecule has 0 spiro atoms. The molecule has 130 valence electrons. The molecule has 0 bridgehead atoms. The highest BCUT2D eigenvalue weighted by Crippen LogP contribution is 2.24. The van der Waals surface area contributed by atoms with E-state index in [9.17, 15) is 18.0 Å². The van der Waals surface area contributed by atoms with Crippen molar-refractivity contribution in [2.45, 2.75) is 50.6 Å². The Morgan fingerprint density at radius 2 is 1.96 bits per heavy atom. The number of alkyl halides is 3. The van der Waals surface area contributed by atoms with Crippen LogP contribution in [0.4, 0.5) is 13.2 Å². The molecule has 2 nitrogen and oxygen atoms in total. The smallest absolute Gasteiger partial charge is 0.348 e. The molecule has 0 heterocycles. The molecule has 0 aliphatic carbocycles. The van der Waals surface area contributed by atoms with Crippen molar-refractivity contribution >= 4 is 17.7 Å². The average molecular weight is 347 g/mol. The lowest BCUT2D eigenvalue weighted by atomic mass is 10.1. The number of hydrogen-bond donors (Lipinski definition) is 1. The van der Waals surface area contributed by atoms with Gasteiger partial charge in [-0.15, -0.1) is 11.8 Å². The molecule has 6 heteroatoms. The summed E-state index contributed by atoms with van der Waals surface area (Å²) in [6.45, 7) is 4.42. The number of thioether (sulfide) groups is 1. The fourth-order valence-corrected chi connectivity index (χ4v) is 3.43. The summed E-state index contributed by atoms with van der Waals surface area (Å²) in [5.41, 5.74) is 1.08. The van der Waals surface area contributed by atoms with Gasteiger partial charge in [0.15, 0.2) is 0 Å². The van der Waals surface area contributed by atoms with Crippen LogP contribution in [0.1, 0.15) is 38.7 Å². The van der Waals surface area contributed by atoms with E-state index in [1.807, 2.05) is 29.2 Å². The number of hydrogen-bond acceptors (Lipinski definition) is 2. The van der Waals surface area contributed by atoms with E-state index >= 15 is 0 Å². The zero-order valence-electron chi connectivity index (χ0n) is 13.6. The first-order valence-corrected chi connectivity index (χ1v) is 8.92. The molecule has 0 unspecified atom stereocenters. The molecule has 0 aromatic heterocycles. The van der Waals surface area contributed by atoms with Crippen LogP contribution < -0.4 is 5.32 Å². The first kappa shape index (κ1) is 19.9. The van der Waals surface area contributed by atoms with Crippen molar-refractivity contribution in [3.05, 3.63) is 29.8 Å². The van der Waals surface area contributed by atoms with E-state index in [1.165, 1.54) is 17.7 Å². The standard InChI is InChI=1S/C17H24F3NOS/c1-3-13(4-2)12-23-15-9-5-7-14(11-15)8-6-10-21-16(22)17(18,19)20/h5,7,9,11,13H,3-4,6,8,10,12H2,1-2H3,(H,21,22). The molecular weight excluding hydrogens is 323 g/mol. The van der Waals surface area contributed by atoms with Crippen LogP contribution >= 0.6 is 11.8 Å². The van der Waals surface area contributed by atoms with E-state index in [4.69, 9.17) is 0 Å². The number of halogens is 3. The number of nitrogens with one attached hydrogen (secondary N) is 1. The summed E-state index contributed by atoms with van der Waals surface area (Å²) in [6, 6.07) is 8.08. The van der Waals surface area contributed by atoms with Gasteiger partial charge in [0.2, 0.25) is 0 Å². The van der Waals surface area contributed by atoms with Crippen LogP contribution in [0.5, 0.6) is 0 Å². The fraction of sp³-hybridized carbons (Fsp3) is 0.588. The molecule has 1 aromatic carbocycles. The molecular formula is C17H24F3NOS. The largest absolute Gasteiger partial charge is 0.471 e. The number of benzene rings is 1. The number of amides is 1. The van der Waals surface area contributed by atoms with E-state index in [-0.39, 0.29) is 6.54 Å². The van der Waals surface area contributed by atoms with Crippen LogP contribution in [0, 0.1) is 5.92 Å². The molecule has 0 fully saturated rings. The minimum atomic E-state index is -4.80. The summed E-state index contributed by atoms with van der Waals surface area (Å²) in [6.07, 6.45) is -1.32. The maximum Gasteiger partial charge on any atom is 0.471 e. The quantitative estimate of drug-likeness (QED) is 0.512. The van der Waals surface area contributed by atoms with E-state index in [1.54, 1.807) is 0 Å². The van der Waals surface area contributed by atoms with Crippen LogP contribution in [-0.2, 0) is 11.2 Å². The van der Waals surface area contributed by atoms with Crippen molar-refractivity contribution in [2.75, 3.05) is 12.3 Å². The van der Waals surface area contributed by atoms with Crippen LogP contribution in [0.2, 0.25) is 0 Å². The van der Waals surface area contributed by atoms with Crippen LogP contribution in [0.25, 0.3) is 0 Å². The molecule has 1 aromatic rings. The van der Waals surface area contributed by atoms with Crippen molar-refractivity contribution in [1.29, 1.82) is 0 Å². The Morgan fingerprint density at radius 3 is 2.57 bits per heavy atom. The van der Waals surface area contributed by atoms with Gasteiger partial charge in [-0.25, -0.2) is 0 Å². The Morgan fingerprint density at radius 1 is 1.26 bits per heavy atom. The number of rotatable bonds is 9. The summed E-state index contributed by atoms with van der Waals surface area (Å²) < 4.78 is 36.1. The van der Waals surface area contributed by atoms with Gasteiger partial charge in [0, 0.05) is 17.2 Å². The van der Waals surface area contributed by atoms with Gasteiger partial charge in [0.05, 0.1) is 0 Å². The fourth-order valence-electron chi connectivity index (χ4n) is 2.12. The molecule has 23 heavy (non-hydrogen) atoms. The van der Waals surface area contributed by atoms with Gasteiger partial charge < -0.3 is 5.32 Å². The first-order chi connectivity index (χ1) is 10.9. The second-order valence-corrected chi connectivity index (χ2v) is 6.59. The summed E-state index contributed by atoms with van der Waals surface area (Å²) in [5, 5.41) is 1.89.